The molecule has 1 aliphatic heterocycles. The molecule has 1 atom stereocenters. The fraction of sp³-hybridized carbons (Fsp3) is 0.167. The molecule has 122 valence electrons. The van der Waals surface area contributed by atoms with Gasteiger partial charge < -0.3 is 5.11 Å². The van der Waals surface area contributed by atoms with Crippen molar-refractivity contribution in [2.24, 2.45) is 0 Å². The molecule has 2 aromatic carbocycles. The van der Waals surface area contributed by atoms with Crippen molar-refractivity contribution >= 4 is 34.9 Å². The lowest BCUT2D eigenvalue weighted by atomic mass is 9.88. The maximum Gasteiger partial charge on any atom is 0.270 e. The van der Waals surface area contributed by atoms with E-state index in [4.69, 9.17) is 11.6 Å². The Morgan fingerprint density at radius 1 is 1.12 bits per heavy atom. The van der Waals surface area contributed by atoms with Crippen LogP contribution in [0.4, 0.5) is 5.69 Å². The van der Waals surface area contributed by atoms with Crippen LogP contribution in [0, 0.1) is 0 Å². The SMILES string of the molecule is CC(=O)N1C(=O)C(O)(CC(=O)c2ccc(Cl)cc2)c2ccccc21. The second-order valence-corrected chi connectivity index (χ2v) is 6.08. The molecule has 1 heterocycles. The molecule has 0 fully saturated rings. The fourth-order valence-electron chi connectivity index (χ4n) is 2.88. The molecule has 0 spiro atoms. The number of para-hydroxylation sites is 1. The van der Waals surface area contributed by atoms with E-state index < -0.39 is 29.6 Å². The average Bonchev–Trinajstić information content (AvgIpc) is 2.76. The largest absolute Gasteiger partial charge is 0.375 e. The van der Waals surface area contributed by atoms with Crippen LogP contribution < -0.4 is 4.90 Å². The lowest BCUT2D eigenvalue weighted by molar-refractivity contribution is -0.138. The summed E-state index contributed by atoms with van der Waals surface area (Å²) < 4.78 is 0. The van der Waals surface area contributed by atoms with Crippen LogP contribution in [-0.4, -0.2) is 22.7 Å². The summed E-state index contributed by atoms with van der Waals surface area (Å²) >= 11 is 5.80. The standard InChI is InChI=1S/C18H14ClNO4/c1-11(21)20-15-5-3-2-4-14(15)18(24,17(20)23)10-16(22)12-6-8-13(19)9-7-12/h2-9,24H,10H2,1H3. The predicted octanol–water partition coefficient (Wildman–Crippen LogP) is 2.69. The molecular weight excluding hydrogens is 330 g/mol. The minimum absolute atomic E-state index is 0.257. The molecular formula is C18H14ClNO4. The van der Waals surface area contributed by atoms with Gasteiger partial charge in [-0.05, 0) is 30.3 Å². The molecule has 1 aliphatic rings. The number of imide groups is 1. The van der Waals surface area contributed by atoms with Gasteiger partial charge in [-0.25, -0.2) is 4.90 Å². The number of carbonyl (C=O) groups is 3. The van der Waals surface area contributed by atoms with E-state index in [1.165, 1.54) is 19.1 Å². The van der Waals surface area contributed by atoms with E-state index in [2.05, 4.69) is 0 Å². The minimum atomic E-state index is -2.06. The molecule has 6 heteroatoms. The number of benzene rings is 2. The summed E-state index contributed by atoms with van der Waals surface area (Å²) in [6, 6.07) is 12.6. The first-order valence-electron chi connectivity index (χ1n) is 7.30. The average molecular weight is 344 g/mol. The van der Waals surface area contributed by atoms with E-state index in [1.807, 2.05) is 0 Å². The smallest absolute Gasteiger partial charge is 0.270 e. The van der Waals surface area contributed by atoms with Crippen LogP contribution in [-0.2, 0) is 15.2 Å². The Kier molecular flexibility index (Phi) is 3.99. The van der Waals surface area contributed by atoms with Gasteiger partial charge in [0.15, 0.2) is 11.4 Å². The van der Waals surface area contributed by atoms with Crippen molar-refractivity contribution in [3.05, 3.63) is 64.7 Å². The van der Waals surface area contributed by atoms with Crippen molar-refractivity contribution in [3.8, 4) is 0 Å². The third-order valence-corrected chi connectivity index (χ3v) is 4.30. The highest BCUT2D eigenvalue weighted by Crippen LogP contribution is 2.42. The van der Waals surface area contributed by atoms with Gasteiger partial charge in [0.05, 0.1) is 12.1 Å². The van der Waals surface area contributed by atoms with Crippen LogP contribution in [0.15, 0.2) is 48.5 Å². The van der Waals surface area contributed by atoms with Gasteiger partial charge in [0.2, 0.25) is 5.91 Å². The van der Waals surface area contributed by atoms with Crippen molar-refractivity contribution in [1.29, 1.82) is 0 Å². The maximum absolute atomic E-state index is 12.6. The number of ketones is 1. The van der Waals surface area contributed by atoms with Gasteiger partial charge in [0.1, 0.15) is 0 Å². The number of amides is 2. The zero-order chi connectivity index (χ0) is 17.5. The van der Waals surface area contributed by atoms with Gasteiger partial charge in [0, 0.05) is 23.1 Å². The van der Waals surface area contributed by atoms with E-state index in [0.29, 0.717) is 16.3 Å². The number of halogens is 1. The number of hydrogen-bond donors (Lipinski definition) is 1. The highest BCUT2D eigenvalue weighted by atomic mass is 35.5. The van der Waals surface area contributed by atoms with Gasteiger partial charge in [-0.2, -0.15) is 0 Å². The van der Waals surface area contributed by atoms with Gasteiger partial charge in [0.25, 0.3) is 5.91 Å². The second kappa shape index (κ2) is 5.85. The number of carbonyl (C=O) groups excluding carboxylic acids is 3. The zero-order valence-corrected chi connectivity index (χ0v) is 13.6. The minimum Gasteiger partial charge on any atom is -0.375 e. The summed E-state index contributed by atoms with van der Waals surface area (Å²) in [5.41, 5.74) is -1.16. The van der Waals surface area contributed by atoms with Crippen molar-refractivity contribution in [2.75, 3.05) is 4.90 Å². The summed E-state index contributed by atoms with van der Waals surface area (Å²) in [5, 5.41) is 11.4. The number of nitrogens with zero attached hydrogens (tertiary/aromatic N) is 1. The van der Waals surface area contributed by atoms with E-state index >= 15 is 0 Å². The van der Waals surface area contributed by atoms with E-state index in [-0.39, 0.29) is 5.56 Å². The summed E-state index contributed by atoms with van der Waals surface area (Å²) in [7, 11) is 0. The summed E-state index contributed by atoms with van der Waals surface area (Å²) in [6.07, 6.45) is -0.450. The van der Waals surface area contributed by atoms with Gasteiger partial charge >= 0.3 is 0 Å². The predicted molar refractivity (Wildman–Crippen MR) is 88.9 cm³/mol. The molecule has 5 nitrogen and oxygen atoms in total. The summed E-state index contributed by atoms with van der Waals surface area (Å²) in [4.78, 5) is 37.8. The molecule has 0 radical (unpaired) electrons. The highest BCUT2D eigenvalue weighted by Gasteiger charge is 2.52. The van der Waals surface area contributed by atoms with E-state index in [1.54, 1.807) is 36.4 Å². The van der Waals surface area contributed by atoms with Gasteiger partial charge in [-0.3, -0.25) is 14.4 Å². The quantitative estimate of drug-likeness (QED) is 0.869. The third kappa shape index (κ3) is 2.52. The first-order valence-corrected chi connectivity index (χ1v) is 7.68. The van der Waals surface area contributed by atoms with E-state index in [9.17, 15) is 19.5 Å². The summed E-state index contributed by atoms with van der Waals surface area (Å²) in [5.74, 6) is -1.73. The Balaban J connectivity index is 2.00. The molecule has 0 saturated carbocycles. The van der Waals surface area contributed by atoms with Crippen molar-refractivity contribution in [3.63, 3.8) is 0 Å². The number of hydrogen-bond acceptors (Lipinski definition) is 4. The molecule has 0 bridgehead atoms. The zero-order valence-electron chi connectivity index (χ0n) is 12.8. The second-order valence-electron chi connectivity index (χ2n) is 5.64. The molecule has 1 N–H and O–H groups in total. The Morgan fingerprint density at radius 2 is 1.75 bits per heavy atom. The Bertz CT molecular complexity index is 846. The van der Waals surface area contributed by atoms with E-state index in [0.717, 1.165) is 4.90 Å². The Hall–Kier alpha value is -2.50. The molecule has 0 aromatic heterocycles. The molecule has 2 aromatic rings. The summed E-state index contributed by atoms with van der Waals surface area (Å²) in [6.45, 7) is 1.24. The third-order valence-electron chi connectivity index (χ3n) is 4.04. The first kappa shape index (κ1) is 16.4. The number of aliphatic hydroxyl groups is 1. The fourth-order valence-corrected chi connectivity index (χ4v) is 3.01. The van der Waals surface area contributed by atoms with Crippen LogP contribution in [0.2, 0.25) is 5.02 Å². The monoisotopic (exact) mass is 343 g/mol. The van der Waals surface area contributed by atoms with Crippen LogP contribution >= 0.6 is 11.6 Å². The first-order chi connectivity index (χ1) is 11.3. The van der Waals surface area contributed by atoms with Gasteiger partial charge in [-0.15, -0.1) is 0 Å². The van der Waals surface area contributed by atoms with Crippen LogP contribution in [0.1, 0.15) is 29.3 Å². The number of fused-ring (bicyclic) bond motifs is 1. The van der Waals surface area contributed by atoms with Crippen molar-refractivity contribution in [2.45, 2.75) is 18.9 Å². The molecule has 0 aliphatic carbocycles. The number of anilines is 1. The van der Waals surface area contributed by atoms with Crippen molar-refractivity contribution in [1.82, 2.24) is 0 Å². The Labute approximate surface area is 143 Å². The van der Waals surface area contributed by atoms with Crippen LogP contribution in [0.5, 0.6) is 0 Å². The Morgan fingerprint density at radius 3 is 2.38 bits per heavy atom. The molecule has 2 amide bonds. The lowest BCUT2D eigenvalue weighted by Crippen LogP contribution is -2.43. The highest BCUT2D eigenvalue weighted by molar-refractivity contribution is 6.30. The molecule has 3 rings (SSSR count). The number of rotatable bonds is 3. The maximum atomic E-state index is 12.6. The van der Waals surface area contributed by atoms with Crippen LogP contribution in [0.25, 0.3) is 0 Å². The number of Topliss-reactive ketones (excluding diaryl/α,β-unsaturated/α-hetero) is 1. The van der Waals surface area contributed by atoms with Crippen LogP contribution in [0.3, 0.4) is 0 Å². The topological polar surface area (TPSA) is 74.7 Å². The normalized spacial score (nSPS) is 19.3. The molecule has 1 unspecified atom stereocenters. The van der Waals surface area contributed by atoms with Crippen molar-refractivity contribution < 1.29 is 19.5 Å². The molecule has 24 heavy (non-hydrogen) atoms. The lowest BCUT2D eigenvalue weighted by Gasteiger charge is -2.21. The molecule has 0 saturated heterocycles. The van der Waals surface area contributed by atoms with Gasteiger partial charge in [-0.1, -0.05) is 29.8 Å².